The van der Waals surface area contributed by atoms with Gasteiger partial charge in [-0.15, -0.1) is 0 Å². The normalized spacial score (nSPS) is 11.2. The third-order valence-corrected chi connectivity index (χ3v) is 2.77. The number of hydrogen-bond acceptors (Lipinski definition) is 2. The molecule has 1 aromatic rings. The van der Waals surface area contributed by atoms with Crippen molar-refractivity contribution in [2.24, 2.45) is 0 Å². The van der Waals surface area contributed by atoms with E-state index in [1.165, 1.54) is 12.2 Å². The van der Waals surface area contributed by atoms with Crippen LogP contribution in [0.1, 0.15) is 25.6 Å². The molecule has 5 heteroatoms. The molecule has 0 spiro atoms. The van der Waals surface area contributed by atoms with Gasteiger partial charge in [0.25, 0.3) is 0 Å². The van der Waals surface area contributed by atoms with Gasteiger partial charge < -0.3 is 10.6 Å². The minimum absolute atomic E-state index is 0.307. The molecule has 0 saturated heterocycles. The second kappa shape index (κ2) is 8.17. The number of halogens is 1. The highest BCUT2D eigenvalue weighted by Gasteiger charge is 2.17. The first-order valence-electron chi connectivity index (χ1n) is 6.19. The highest BCUT2D eigenvalue weighted by atomic mass is 35.5. The highest BCUT2D eigenvalue weighted by Crippen LogP contribution is 2.21. The molecule has 0 saturated carbocycles. The number of allylic oxidation sites excluding steroid dienone is 2. The van der Waals surface area contributed by atoms with Gasteiger partial charge in [-0.05, 0) is 32.1 Å². The van der Waals surface area contributed by atoms with Crippen LogP contribution in [0.5, 0.6) is 0 Å². The Bertz CT molecular complexity index is 512. The van der Waals surface area contributed by atoms with Gasteiger partial charge in [-0.2, -0.15) is 0 Å². The van der Waals surface area contributed by atoms with E-state index >= 15 is 0 Å². The molecule has 1 aromatic carbocycles. The van der Waals surface area contributed by atoms with Crippen LogP contribution in [0.15, 0.2) is 48.6 Å². The molecule has 0 aromatic heterocycles. The van der Waals surface area contributed by atoms with Crippen LogP contribution >= 0.6 is 11.6 Å². The van der Waals surface area contributed by atoms with Crippen molar-refractivity contribution in [1.29, 1.82) is 0 Å². The van der Waals surface area contributed by atoms with E-state index in [4.69, 9.17) is 11.6 Å². The summed E-state index contributed by atoms with van der Waals surface area (Å²) in [4.78, 5) is 23.3. The molecule has 106 valence electrons. The maximum atomic E-state index is 11.7. The quantitative estimate of drug-likeness (QED) is 0.647. The second-order valence-corrected chi connectivity index (χ2v) is 4.38. The summed E-state index contributed by atoms with van der Waals surface area (Å²) in [5.74, 6) is -0.614. The van der Waals surface area contributed by atoms with Crippen molar-refractivity contribution in [2.75, 3.05) is 0 Å². The van der Waals surface area contributed by atoms with Gasteiger partial charge in [-0.3, -0.25) is 9.59 Å². The summed E-state index contributed by atoms with van der Waals surface area (Å²) in [5.41, 5.74) is 0.630. The van der Waals surface area contributed by atoms with Crippen LogP contribution in [0.2, 0.25) is 5.02 Å². The van der Waals surface area contributed by atoms with E-state index in [2.05, 4.69) is 10.6 Å². The third-order valence-electron chi connectivity index (χ3n) is 2.43. The first-order chi connectivity index (χ1) is 9.58. The standard InChI is InChI=1S/C15H17ClN2O2/c1-3-7-13(19)17-15(18-14(20)8-4-2)11-9-5-6-10-12(11)16/h3-10,15H,1-2H3,(H,17,19)(H,18,20)/b7-3+,8-4+. The summed E-state index contributed by atoms with van der Waals surface area (Å²) >= 11 is 6.10. The summed E-state index contributed by atoms with van der Waals surface area (Å²) in [7, 11) is 0. The minimum atomic E-state index is -0.684. The third kappa shape index (κ3) is 4.90. The van der Waals surface area contributed by atoms with E-state index in [0.717, 1.165) is 0 Å². The smallest absolute Gasteiger partial charge is 0.245 e. The van der Waals surface area contributed by atoms with Crippen LogP contribution in [0.4, 0.5) is 0 Å². The number of carbonyl (C=O) groups excluding carboxylic acids is 2. The van der Waals surface area contributed by atoms with Gasteiger partial charge >= 0.3 is 0 Å². The molecule has 2 amide bonds. The first kappa shape index (κ1) is 16.0. The van der Waals surface area contributed by atoms with E-state index in [-0.39, 0.29) is 11.8 Å². The predicted octanol–water partition coefficient (Wildman–Crippen LogP) is 2.72. The lowest BCUT2D eigenvalue weighted by molar-refractivity contribution is -0.119. The fourth-order valence-corrected chi connectivity index (χ4v) is 1.83. The van der Waals surface area contributed by atoms with Crippen LogP contribution in [0, 0.1) is 0 Å². The van der Waals surface area contributed by atoms with Gasteiger partial charge in [0.15, 0.2) is 0 Å². The fraction of sp³-hybridized carbons (Fsp3) is 0.200. The Morgan fingerprint density at radius 3 is 2.00 bits per heavy atom. The molecule has 2 N–H and O–H groups in total. The summed E-state index contributed by atoms with van der Waals surface area (Å²) in [6.07, 6.45) is 5.31. The van der Waals surface area contributed by atoms with E-state index in [1.54, 1.807) is 50.3 Å². The van der Waals surface area contributed by atoms with Crippen molar-refractivity contribution in [3.63, 3.8) is 0 Å². The molecule has 0 atom stereocenters. The minimum Gasteiger partial charge on any atom is -0.328 e. The predicted molar refractivity (Wildman–Crippen MR) is 80.1 cm³/mol. The lowest BCUT2D eigenvalue weighted by Crippen LogP contribution is -2.40. The lowest BCUT2D eigenvalue weighted by Gasteiger charge is -2.20. The Hall–Kier alpha value is -2.07. The van der Waals surface area contributed by atoms with E-state index in [9.17, 15) is 9.59 Å². The lowest BCUT2D eigenvalue weighted by atomic mass is 10.1. The van der Waals surface area contributed by atoms with E-state index in [0.29, 0.717) is 10.6 Å². The van der Waals surface area contributed by atoms with Crippen molar-refractivity contribution in [2.45, 2.75) is 20.0 Å². The molecule has 4 nitrogen and oxygen atoms in total. The van der Waals surface area contributed by atoms with Crippen LogP contribution < -0.4 is 10.6 Å². The van der Waals surface area contributed by atoms with Crippen molar-refractivity contribution < 1.29 is 9.59 Å². The maximum absolute atomic E-state index is 11.7. The SMILES string of the molecule is C/C=C/C(=O)NC(NC(=O)/C=C/C)c1ccccc1Cl. The molecule has 0 bridgehead atoms. The topological polar surface area (TPSA) is 58.2 Å². The fourth-order valence-electron chi connectivity index (χ4n) is 1.58. The Kier molecular flexibility index (Phi) is 6.53. The Morgan fingerprint density at radius 2 is 1.55 bits per heavy atom. The molecular weight excluding hydrogens is 276 g/mol. The average Bonchev–Trinajstić information content (AvgIpc) is 2.39. The highest BCUT2D eigenvalue weighted by molar-refractivity contribution is 6.31. The number of amides is 2. The number of benzene rings is 1. The van der Waals surface area contributed by atoms with Crippen LogP contribution in [0.3, 0.4) is 0 Å². The van der Waals surface area contributed by atoms with Gasteiger partial charge in [0.05, 0.1) is 0 Å². The molecule has 0 heterocycles. The summed E-state index contributed by atoms with van der Waals surface area (Å²) in [5, 5.41) is 5.85. The van der Waals surface area contributed by atoms with Crippen molar-refractivity contribution >= 4 is 23.4 Å². The van der Waals surface area contributed by atoms with E-state index in [1.807, 2.05) is 0 Å². The molecular formula is C15H17ClN2O2. The summed E-state index contributed by atoms with van der Waals surface area (Å²) in [6.45, 7) is 3.48. The Balaban J connectivity index is 2.98. The van der Waals surface area contributed by atoms with Crippen LogP contribution in [-0.4, -0.2) is 11.8 Å². The Morgan fingerprint density at radius 1 is 1.05 bits per heavy atom. The van der Waals surface area contributed by atoms with Gasteiger partial charge in [-0.1, -0.05) is 42.0 Å². The van der Waals surface area contributed by atoms with Crippen LogP contribution in [0.25, 0.3) is 0 Å². The summed E-state index contributed by atoms with van der Waals surface area (Å²) in [6, 6.07) is 7.02. The zero-order chi connectivity index (χ0) is 15.0. The maximum Gasteiger partial charge on any atom is 0.245 e. The first-order valence-corrected chi connectivity index (χ1v) is 6.57. The number of hydrogen-bond donors (Lipinski definition) is 2. The molecule has 0 aliphatic heterocycles. The van der Waals surface area contributed by atoms with Gasteiger partial charge in [0, 0.05) is 10.6 Å². The monoisotopic (exact) mass is 292 g/mol. The molecule has 0 radical (unpaired) electrons. The number of rotatable bonds is 5. The van der Waals surface area contributed by atoms with E-state index < -0.39 is 6.17 Å². The zero-order valence-corrected chi connectivity index (χ0v) is 12.1. The number of nitrogens with one attached hydrogen (secondary N) is 2. The summed E-state index contributed by atoms with van der Waals surface area (Å²) < 4.78 is 0. The van der Waals surface area contributed by atoms with Crippen LogP contribution in [-0.2, 0) is 9.59 Å². The van der Waals surface area contributed by atoms with Crippen molar-refractivity contribution in [1.82, 2.24) is 10.6 Å². The zero-order valence-electron chi connectivity index (χ0n) is 11.4. The molecule has 1 rings (SSSR count). The second-order valence-electron chi connectivity index (χ2n) is 3.97. The largest absolute Gasteiger partial charge is 0.328 e. The van der Waals surface area contributed by atoms with Gasteiger partial charge in [0.2, 0.25) is 11.8 Å². The van der Waals surface area contributed by atoms with Gasteiger partial charge in [-0.25, -0.2) is 0 Å². The molecule has 20 heavy (non-hydrogen) atoms. The average molecular weight is 293 g/mol. The molecule has 0 aliphatic carbocycles. The Labute approximate surface area is 123 Å². The van der Waals surface area contributed by atoms with Gasteiger partial charge in [0.1, 0.15) is 6.17 Å². The molecule has 0 aliphatic rings. The number of carbonyl (C=O) groups is 2. The molecule has 0 fully saturated rings. The van der Waals surface area contributed by atoms with Crippen molar-refractivity contribution in [3.8, 4) is 0 Å². The van der Waals surface area contributed by atoms with Crippen molar-refractivity contribution in [3.05, 3.63) is 59.2 Å². The molecule has 0 unspecified atom stereocenters.